The molecule has 1 atom stereocenters. The first kappa shape index (κ1) is 13.8. The molecule has 0 saturated heterocycles. The molecule has 1 heterocycles. The van der Waals surface area contributed by atoms with Crippen molar-refractivity contribution < 1.29 is 0 Å². The Bertz CT molecular complexity index is 291. The highest BCUT2D eigenvalue weighted by Crippen LogP contribution is 2.30. The molecule has 0 saturated carbocycles. The molecule has 0 amide bonds. The fraction of sp³-hybridized carbons (Fsp3) is 0.778. The summed E-state index contributed by atoms with van der Waals surface area (Å²) in [7, 11) is 0. The highest BCUT2D eigenvalue weighted by Gasteiger charge is 2.13. The van der Waals surface area contributed by atoms with Gasteiger partial charge in [-0.15, -0.1) is 10.2 Å². The zero-order chi connectivity index (χ0) is 11.3. The number of rotatable bonds is 6. The molecule has 15 heavy (non-hydrogen) atoms. The molecule has 1 aromatic rings. The second-order valence-corrected chi connectivity index (χ2v) is 7.45. The van der Waals surface area contributed by atoms with E-state index in [1.165, 1.54) is 0 Å². The maximum atomic E-state index is 4.15. The Hall–Kier alpha value is 0.740. The Kier molecular flexibility index (Phi) is 6.57. The predicted octanol–water partition coefficient (Wildman–Crippen LogP) is 4.02. The van der Waals surface area contributed by atoms with Crippen LogP contribution in [0, 0.1) is 11.8 Å². The summed E-state index contributed by atoms with van der Waals surface area (Å²) >= 11 is 8.72. The molecule has 1 unspecified atom stereocenters. The first-order valence-electron chi connectivity index (χ1n) is 4.73. The molecule has 0 spiro atoms. The van der Waals surface area contributed by atoms with Crippen LogP contribution in [0.5, 0.6) is 0 Å². The van der Waals surface area contributed by atoms with Crippen molar-refractivity contribution in [3.8, 4) is 0 Å². The fourth-order valence-electron chi connectivity index (χ4n) is 0.931. The van der Waals surface area contributed by atoms with Crippen LogP contribution in [0.25, 0.3) is 0 Å². The molecule has 2 nitrogen and oxygen atoms in total. The minimum Gasteiger partial charge on any atom is -0.131 e. The quantitative estimate of drug-likeness (QED) is 0.582. The van der Waals surface area contributed by atoms with Crippen LogP contribution >= 0.6 is 50.8 Å². The van der Waals surface area contributed by atoms with Gasteiger partial charge in [-0.25, -0.2) is 0 Å². The topological polar surface area (TPSA) is 25.8 Å². The molecule has 0 aliphatic heterocycles. The zero-order valence-corrected chi connectivity index (χ0v) is 13.1. The first-order valence-corrected chi connectivity index (χ1v) is 8.88. The van der Waals surface area contributed by atoms with Crippen molar-refractivity contribution in [3.05, 3.63) is 0 Å². The van der Waals surface area contributed by atoms with E-state index in [1.807, 2.05) is 18.0 Å². The van der Waals surface area contributed by atoms with Gasteiger partial charge in [-0.1, -0.05) is 64.6 Å². The number of hydrogen-bond donors (Lipinski definition) is 0. The minimum atomic E-state index is 0.705. The lowest BCUT2D eigenvalue weighted by Gasteiger charge is -2.16. The van der Waals surface area contributed by atoms with Gasteiger partial charge in [0.2, 0.25) is 0 Å². The van der Waals surface area contributed by atoms with E-state index in [1.54, 1.807) is 23.1 Å². The molecule has 0 aliphatic rings. The van der Waals surface area contributed by atoms with Gasteiger partial charge >= 0.3 is 0 Å². The van der Waals surface area contributed by atoms with Crippen molar-refractivity contribution in [2.75, 3.05) is 17.3 Å². The van der Waals surface area contributed by atoms with Crippen LogP contribution in [-0.2, 0) is 0 Å². The molecule has 0 fully saturated rings. The van der Waals surface area contributed by atoms with Gasteiger partial charge in [0.05, 0.1) is 0 Å². The van der Waals surface area contributed by atoms with Gasteiger partial charge < -0.3 is 0 Å². The summed E-state index contributed by atoms with van der Waals surface area (Å²) < 4.78 is 2.14. The largest absolute Gasteiger partial charge is 0.175 e. The number of aromatic nitrogens is 2. The second kappa shape index (κ2) is 7.14. The molecule has 86 valence electrons. The Labute approximate surface area is 112 Å². The van der Waals surface area contributed by atoms with Gasteiger partial charge in [0.1, 0.15) is 0 Å². The maximum Gasteiger partial charge on any atom is 0.175 e. The van der Waals surface area contributed by atoms with Gasteiger partial charge in [0.25, 0.3) is 0 Å². The molecule has 0 bridgehead atoms. The van der Waals surface area contributed by atoms with Crippen LogP contribution < -0.4 is 0 Å². The SMILES string of the molecule is CSc1nnc(SCC(CBr)C(C)C)s1. The van der Waals surface area contributed by atoms with Crippen LogP contribution in [0.4, 0.5) is 0 Å². The smallest absolute Gasteiger partial charge is 0.131 e. The van der Waals surface area contributed by atoms with Gasteiger partial charge in [-0.2, -0.15) is 0 Å². The summed E-state index contributed by atoms with van der Waals surface area (Å²) in [5, 5.41) is 9.29. The molecule has 0 aliphatic carbocycles. The Morgan fingerprint density at radius 1 is 1.33 bits per heavy atom. The van der Waals surface area contributed by atoms with Crippen molar-refractivity contribution in [2.24, 2.45) is 11.8 Å². The third-order valence-electron chi connectivity index (χ3n) is 2.12. The minimum absolute atomic E-state index is 0.705. The maximum absolute atomic E-state index is 4.15. The predicted molar refractivity (Wildman–Crippen MR) is 74.5 cm³/mol. The molecule has 6 heteroatoms. The van der Waals surface area contributed by atoms with Crippen LogP contribution in [0.2, 0.25) is 0 Å². The van der Waals surface area contributed by atoms with Gasteiger partial charge in [0, 0.05) is 11.1 Å². The number of alkyl halides is 1. The molecule has 0 radical (unpaired) electrons. The Balaban J connectivity index is 2.41. The summed E-state index contributed by atoms with van der Waals surface area (Å²) in [6, 6.07) is 0. The van der Waals surface area contributed by atoms with Crippen molar-refractivity contribution in [2.45, 2.75) is 22.5 Å². The number of thioether (sulfide) groups is 2. The summed E-state index contributed by atoms with van der Waals surface area (Å²) in [5.74, 6) is 2.54. The number of hydrogen-bond acceptors (Lipinski definition) is 5. The average molecular weight is 327 g/mol. The summed E-state index contributed by atoms with van der Waals surface area (Å²) in [5.41, 5.74) is 0. The van der Waals surface area contributed by atoms with E-state index >= 15 is 0 Å². The summed E-state index contributed by atoms with van der Waals surface area (Å²) in [6.07, 6.45) is 2.03. The standard InChI is InChI=1S/C9H15BrN2S3/c1-6(2)7(4-10)5-14-9-12-11-8(13-3)15-9/h6-7H,4-5H2,1-3H3. The molecular formula is C9H15BrN2S3. The molecular weight excluding hydrogens is 312 g/mol. The van der Waals surface area contributed by atoms with E-state index in [9.17, 15) is 0 Å². The van der Waals surface area contributed by atoms with Gasteiger partial charge in [-0.05, 0) is 18.1 Å². The van der Waals surface area contributed by atoms with E-state index in [-0.39, 0.29) is 0 Å². The molecule has 1 rings (SSSR count). The normalized spacial score (nSPS) is 13.4. The molecule has 1 aromatic heterocycles. The Morgan fingerprint density at radius 2 is 2.00 bits per heavy atom. The van der Waals surface area contributed by atoms with E-state index < -0.39 is 0 Å². The van der Waals surface area contributed by atoms with Crippen LogP contribution in [0.1, 0.15) is 13.8 Å². The third-order valence-corrected chi connectivity index (χ3v) is 6.18. The highest BCUT2D eigenvalue weighted by molar-refractivity contribution is 9.09. The lowest BCUT2D eigenvalue weighted by molar-refractivity contribution is 0.474. The molecule has 0 aromatic carbocycles. The number of halogens is 1. The van der Waals surface area contributed by atoms with E-state index in [0.29, 0.717) is 11.8 Å². The first-order chi connectivity index (χ1) is 7.17. The lowest BCUT2D eigenvalue weighted by atomic mass is 10.0. The van der Waals surface area contributed by atoms with Crippen molar-refractivity contribution >= 4 is 50.8 Å². The van der Waals surface area contributed by atoms with E-state index in [0.717, 1.165) is 19.8 Å². The van der Waals surface area contributed by atoms with Crippen molar-refractivity contribution in [1.82, 2.24) is 10.2 Å². The summed E-state index contributed by atoms with van der Waals surface area (Å²) in [4.78, 5) is 0. The monoisotopic (exact) mass is 326 g/mol. The zero-order valence-electron chi connectivity index (χ0n) is 9.07. The fourth-order valence-corrected chi connectivity index (χ4v) is 5.01. The Morgan fingerprint density at radius 3 is 2.47 bits per heavy atom. The second-order valence-electron chi connectivity index (χ2n) is 3.51. The van der Waals surface area contributed by atoms with Crippen LogP contribution in [-0.4, -0.2) is 27.5 Å². The van der Waals surface area contributed by atoms with Crippen molar-refractivity contribution in [3.63, 3.8) is 0 Å². The number of nitrogens with zero attached hydrogens (tertiary/aromatic N) is 2. The van der Waals surface area contributed by atoms with Gasteiger partial charge in [-0.3, -0.25) is 0 Å². The van der Waals surface area contributed by atoms with Crippen LogP contribution in [0.15, 0.2) is 8.68 Å². The lowest BCUT2D eigenvalue weighted by Crippen LogP contribution is -2.12. The summed E-state index contributed by atoms with van der Waals surface area (Å²) in [6.45, 7) is 4.53. The van der Waals surface area contributed by atoms with Crippen LogP contribution in [0.3, 0.4) is 0 Å². The van der Waals surface area contributed by atoms with E-state index in [2.05, 4.69) is 40.0 Å². The molecule has 0 N–H and O–H groups in total. The van der Waals surface area contributed by atoms with Crippen molar-refractivity contribution in [1.29, 1.82) is 0 Å². The average Bonchev–Trinajstić information content (AvgIpc) is 2.66. The third kappa shape index (κ3) is 4.63. The van der Waals surface area contributed by atoms with E-state index in [4.69, 9.17) is 0 Å². The van der Waals surface area contributed by atoms with Gasteiger partial charge in [0.15, 0.2) is 8.68 Å². The highest BCUT2D eigenvalue weighted by atomic mass is 79.9.